The van der Waals surface area contributed by atoms with E-state index in [1.165, 1.54) is 96.3 Å². The lowest BCUT2D eigenvalue weighted by molar-refractivity contribution is -0.305. The number of rotatable bonds is 50. The highest BCUT2D eigenvalue weighted by Gasteiger charge is 2.47. The Morgan fingerprint density at radius 2 is 0.973 bits per heavy atom. The highest BCUT2D eigenvalue weighted by Crippen LogP contribution is 2.26. The van der Waals surface area contributed by atoms with E-state index in [1.807, 2.05) is 6.08 Å². The van der Waals surface area contributed by atoms with E-state index in [0.29, 0.717) is 12.8 Å². The van der Waals surface area contributed by atoms with Gasteiger partial charge in [-0.3, -0.25) is 9.59 Å². The zero-order valence-corrected chi connectivity index (χ0v) is 47.2. The Hall–Kier alpha value is -2.90. The van der Waals surface area contributed by atoms with Crippen LogP contribution in [0.4, 0.5) is 0 Å². The van der Waals surface area contributed by atoms with Gasteiger partial charge >= 0.3 is 5.97 Å². The molecule has 6 N–H and O–H groups in total. The number of aliphatic hydroxyl groups is 5. The maximum absolute atomic E-state index is 13.4. The number of carbonyl (C=O) groups is 2. The van der Waals surface area contributed by atoms with Gasteiger partial charge in [-0.05, 0) is 89.9 Å². The van der Waals surface area contributed by atoms with Crippen molar-refractivity contribution in [3.63, 3.8) is 0 Å². The Balaban J connectivity index is 2.73. The van der Waals surface area contributed by atoms with Crippen LogP contribution in [0, 0.1) is 0 Å². The molecule has 8 atom stereocenters. The van der Waals surface area contributed by atoms with E-state index in [9.17, 15) is 35.1 Å². The molecule has 1 saturated heterocycles. The molecule has 8 unspecified atom stereocenters. The maximum Gasteiger partial charge on any atom is 0.306 e. The molecule has 74 heavy (non-hydrogen) atoms. The molecule has 0 spiro atoms. The summed E-state index contributed by atoms with van der Waals surface area (Å²) in [5.41, 5.74) is 0. The van der Waals surface area contributed by atoms with E-state index in [0.717, 1.165) is 109 Å². The lowest BCUT2D eigenvalue weighted by Gasteiger charge is -2.41. The van der Waals surface area contributed by atoms with Gasteiger partial charge in [-0.25, -0.2) is 0 Å². The molecule has 11 heteroatoms. The van der Waals surface area contributed by atoms with Gasteiger partial charge < -0.3 is 45.1 Å². The summed E-state index contributed by atoms with van der Waals surface area (Å²) in [7, 11) is 0. The summed E-state index contributed by atoms with van der Waals surface area (Å²) in [4.78, 5) is 26.5. The van der Waals surface area contributed by atoms with Crippen molar-refractivity contribution in [3.8, 4) is 0 Å². The van der Waals surface area contributed by atoms with Crippen molar-refractivity contribution in [2.45, 2.75) is 301 Å². The first kappa shape index (κ1) is 69.1. The Labute approximate surface area is 451 Å². The van der Waals surface area contributed by atoms with Crippen LogP contribution in [0.25, 0.3) is 0 Å². The van der Waals surface area contributed by atoms with Crippen molar-refractivity contribution in [3.05, 3.63) is 72.9 Å². The van der Waals surface area contributed by atoms with Crippen LogP contribution in [0.2, 0.25) is 0 Å². The summed E-state index contributed by atoms with van der Waals surface area (Å²) in [6.07, 6.45) is 53.6. The van der Waals surface area contributed by atoms with E-state index >= 15 is 0 Å². The van der Waals surface area contributed by atoms with Gasteiger partial charge in [-0.2, -0.15) is 0 Å². The number of hydrogen-bond donors (Lipinski definition) is 6. The molecule has 0 saturated carbocycles. The molecule has 0 radical (unpaired) electrons. The molecule has 428 valence electrons. The number of carbonyl (C=O) groups excluding carboxylic acids is 2. The van der Waals surface area contributed by atoms with Gasteiger partial charge in [0.25, 0.3) is 0 Å². The number of allylic oxidation sites excluding steroid dienone is 11. The van der Waals surface area contributed by atoms with Gasteiger partial charge in [0, 0.05) is 6.42 Å². The number of nitrogens with one attached hydrogen (secondary N) is 1. The highest BCUT2D eigenvalue weighted by atomic mass is 16.7. The van der Waals surface area contributed by atoms with Gasteiger partial charge in [0.2, 0.25) is 5.91 Å². The van der Waals surface area contributed by atoms with Crippen LogP contribution < -0.4 is 5.32 Å². The van der Waals surface area contributed by atoms with Gasteiger partial charge in [-0.15, -0.1) is 0 Å². The minimum absolute atomic E-state index is 0.106. The van der Waals surface area contributed by atoms with Crippen molar-refractivity contribution in [2.75, 3.05) is 13.2 Å². The minimum Gasteiger partial charge on any atom is -0.454 e. The smallest absolute Gasteiger partial charge is 0.306 e. The quantitative estimate of drug-likeness (QED) is 0.0149. The number of esters is 1. The summed E-state index contributed by atoms with van der Waals surface area (Å²) in [5, 5.41) is 56.9. The summed E-state index contributed by atoms with van der Waals surface area (Å²) < 4.78 is 17.6. The molecule has 0 aromatic rings. The number of aliphatic hydroxyl groups excluding tert-OH is 5. The van der Waals surface area contributed by atoms with Gasteiger partial charge in [-0.1, -0.05) is 229 Å². The molecule has 1 heterocycles. The molecule has 0 aliphatic carbocycles. The SMILES string of the molecule is CCCCC/C=C\C/C=C\C/C=C\CCCCCCCC(O)C(=O)NC(COC1OC(CO)C(O)C(O)C1OC(=O)CCCCCCCC/C=C/C=C/CCCCC)C(O)/C=C/CCCCCCCCCCCC. The fourth-order valence-corrected chi connectivity index (χ4v) is 9.00. The second-order valence-corrected chi connectivity index (χ2v) is 20.8. The molecule has 1 amide bonds. The third-order valence-electron chi connectivity index (χ3n) is 13.9. The Kier molecular flexibility index (Phi) is 47.5. The number of hydrogen-bond acceptors (Lipinski definition) is 10. The van der Waals surface area contributed by atoms with Crippen molar-refractivity contribution in [2.24, 2.45) is 0 Å². The van der Waals surface area contributed by atoms with Crippen LogP contribution in [0.3, 0.4) is 0 Å². The Morgan fingerprint density at radius 3 is 1.50 bits per heavy atom. The van der Waals surface area contributed by atoms with Gasteiger partial charge in [0.05, 0.1) is 25.4 Å². The Bertz CT molecular complexity index is 1480. The first-order valence-electron chi connectivity index (χ1n) is 30.2. The molecular formula is C63H111NO10. The average molecular weight is 1040 g/mol. The first-order chi connectivity index (χ1) is 36.2. The van der Waals surface area contributed by atoms with Crippen LogP contribution in [0.5, 0.6) is 0 Å². The zero-order chi connectivity index (χ0) is 54.0. The highest BCUT2D eigenvalue weighted by molar-refractivity contribution is 5.80. The van der Waals surface area contributed by atoms with Crippen LogP contribution in [-0.4, -0.2) is 99.6 Å². The largest absolute Gasteiger partial charge is 0.454 e. The number of unbranched alkanes of at least 4 members (excludes halogenated alkanes) is 27. The normalized spacial score (nSPS) is 19.8. The summed E-state index contributed by atoms with van der Waals surface area (Å²) in [6, 6.07) is -1.04. The Morgan fingerprint density at radius 1 is 0.541 bits per heavy atom. The fraction of sp³-hybridized carbons (Fsp3) is 0.778. The van der Waals surface area contributed by atoms with Gasteiger partial charge in [0.1, 0.15) is 24.4 Å². The predicted octanol–water partition coefficient (Wildman–Crippen LogP) is 14.0. The lowest BCUT2D eigenvalue weighted by atomic mass is 9.99. The summed E-state index contributed by atoms with van der Waals surface area (Å²) >= 11 is 0. The standard InChI is InChI=1S/C63H111NO10/c1-4-7-10-13-16-19-22-25-27-28-29-31-32-35-38-41-44-47-50-56(67)62(71)64-54(55(66)49-46-43-40-37-34-24-21-18-15-12-9-6-3)53-72-63-61(60(70)59(69)57(52-65)73-63)74-58(68)51-48-45-42-39-36-33-30-26-23-20-17-14-11-8-5-2/h16-17,19-20,23,25-27,29,31,46,49,54-57,59-61,63,65-67,69-70H,4-15,18,21-22,24,28,30,32-45,47-48,50-53H2,1-3H3,(H,64,71)/b19-16-,20-17+,26-23+,27-25-,31-29-,49-46+. The number of amides is 1. The second kappa shape index (κ2) is 50.9. The van der Waals surface area contributed by atoms with E-state index in [4.69, 9.17) is 14.2 Å². The third-order valence-corrected chi connectivity index (χ3v) is 13.9. The molecule has 0 aromatic heterocycles. The van der Waals surface area contributed by atoms with Crippen molar-refractivity contribution >= 4 is 11.9 Å². The van der Waals surface area contributed by atoms with E-state index in [1.54, 1.807) is 6.08 Å². The minimum atomic E-state index is -1.62. The average Bonchev–Trinajstić information content (AvgIpc) is 3.40. The second-order valence-electron chi connectivity index (χ2n) is 20.8. The number of ether oxygens (including phenoxy) is 3. The topological polar surface area (TPSA) is 175 Å². The van der Waals surface area contributed by atoms with Crippen LogP contribution >= 0.6 is 0 Å². The monoisotopic (exact) mass is 1040 g/mol. The fourth-order valence-electron chi connectivity index (χ4n) is 9.00. The van der Waals surface area contributed by atoms with Crippen molar-refractivity contribution < 1.29 is 49.3 Å². The molecule has 11 nitrogen and oxygen atoms in total. The van der Waals surface area contributed by atoms with Crippen molar-refractivity contribution in [1.82, 2.24) is 5.32 Å². The zero-order valence-electron chi connectivity index (χ0n) is 47.2. The molecule has 1 aliphatic heterocycles. The van der Waals surface area contributed by atoms with E-state index in [-0.39, 0.29) is 19.4 Å². The van der Waals surface area contributed by atoms with E-state index in [2.05, 4.69) is 86.8 Å². The molecule has 1 rings (SSSR count). The molecule has 0 bridgehead atoms. The lowest BCUT2D eigenvalue weighted by Crippen LogP contribution is -2.61. The summed E-state index contributed by atoms with van der Waals surface area (Å²) in [5.74, 6) is -1.22. The predicted molar refractivity (Wildman–Crippen MR) is 306 cm³/mol. The van der Waals surface area contributed by atoms with Crippen LogP contribution in [-0.2, 0) is 23.8 Å². The van der Waals surface area contributed by atoms with Gasteiger partial charge in [0.15, 0.2) is 12.4 Å². The first-order valence-corrected chi connectivity index (χ1v) is 30.2. The molecule has 1 aliphatic rings. The molecule has 0 aromatic carbocycles. The molecular weight excluding hydrogens is 931 g/mol. The van der Waals surface area contributed by atoms with Crippen molar-refractivity contribution in [1.29, 1.82) is 0 Å². The third kappa shape index (κ3) is 38.6. The van der Waals surface area contributed by atoms with Crippen LogP contribution in [0.15, 0.2) is 72.9 Å². The maximum atomic E-state index is 13.4. The molecule has 1 fully saturated rings. The summed E-state index contributed by atoms with van der Waals surface area (Å²) in [6.45, 7) is 5.71. The van der Waals surface area contributed by atoms with E-state index < -0.39 is 67.4 Å². The van der Waals surface area contributed by atoms with Crippen LogP contribution in [0.1, 0.15) is 252 Å².